The molecule has 2 aromatic rings. The average molecular weight is 327 g/mol. The Morgan fingerprint density at radius 3 is 2.61 bits per heavy atom. The van der Waals surface area contributed by atoms with Crippen molar-refractivity contribution >= 4 is 0 Å². The molecule has 23 heavy (non-hydrogen) atoms. The number of halogens is 3. The zero-order valence-corrected chi connectivity index (χ0v) is 12.5. The maximum absolute atomic E-state index is 12.6. The van der Waals surface area contributed by atoms with Crippen LogP contribution in [-0.4, -0.2) is 34.7 Å². The molecule has 0 aliphatic carbocycles. The second-order valence-electron chi connectivity index (χ2n) is 5.44. The number of rotatable bonds is 3. The van der Waals surface area contributed by atoms with Crippen molar-refractivity contribution in [2.45, 2.75) is 25.7 Å². The number of aromatic nitrogens is 2. The van der Waals surface area contributed by atoms with Crippen LogP contribution in [0.5, 0.6) is 0 Å². The van der Waals surface area contributed by atoms with E-state index in [4.69, 9.17) is 9.26 Å². The van der Waals surface area contributed by atoms with Crippen molar-refractivity contribution in [1.82, 2.24) is 15.0 Å². The Hall–Kier alpha value is -1.93. The minimum absolute atomic E-state index is 0.265. The van der Waals surface area contributed by atoms with Crippen molar-refractivity contribution in [2.24, 2.45) is 0 Å². The van der Waals surface area contributed by atoms with E-state index in [2.05, 4.69) is 15.0 Å². The first-order chi connectivity index (χ1) is 10.9. The van der Waals surface area contributed by atoms with E-state index in [-0.39, 0.29) is 6.10 Å². The first-order valence-electron chi connectivity index (χ1n) is 7.22. The molecule has 0 N–H and O–H groups in total. The zero-order chi connectivity index (χ0) is 16.4. The Kier molecular flexibility index (Phi) is 4.36. The van der Waals surface area contributed by atoms with Crippen molar-refractivity contribution in [3.05, 3.63) is 47.1 Å². The fourth-order valence-corrected chi connectivity index (χ4v) is 2.54. The largest absolute Gasteiger partial charge is 0.416 e. The first kappa shape index (κ1) is 15.9. The SMILES string of the molecule is Cc1nc(CN2CCO[C@H](c3ccc(C(F)(F)F)cc3)C2)no1. The highest BCUT2D eigenvalue weighted by Gasteiger charge is 2.31. The first-order valence-corrected chi connectivity index (χ1v) is 7.22. The third-order valence-corrected chi connectivity index (χ3v) is 3.70. The van der Waals surface area contributed by atoms with Crippen molar-refractivity contribution in [3.8, 4) is 0 Å². The van der Waals surface area contributed by atoms with E-state index < -0.39 is 11.7 Å². The van der Waals surface area contributed by atoms with E-state index in [1.807, 2.05) is 0 Å². The Morgan fingerprint density at radius 1 is 1.26 bits per heavy atom. The summed E-state index contributed by atoms with van der Waals surface area (Å²) >= 11 is 0. The van der Waals surface area contributed by atoms with Gasteiger partial charge in [-0.15, -0.1) is 0 Å². The monoisotopic (exact) mass is 327 g/mol. The summed E-state index contributed by atoms with van der Waals surface area (Å²) in [5, 5.41) is 3.85. The molecule has 0 spiro atoms. The summed E-state index contributed by atoms with van der Waals surface area (Å²) in [6.45, 7) is 4.03. The number of ether oxygens (including phenoxy) is 1. The van der Waals surface area contributed by atoms with Gasteiger partial charge in [-0.1, -0.05) is 17.3 Å². The average Bonchev–Trinajstić information content (AvgIpc) is 2.92. The van der Waals surface area contributed by atoms with Gasteiger partial charge < -0.3 is 9.26 Å². The molecule has 8 heteroatoms. The van der Waals surface area contributed by atoms with E-state index in [1.54, 1.807) is 6.92 Å². The van der Waals surface area contributed by atoms with E-state index in [1.165, 1.54) is 12.1 Å². The van der Waals surface area contributed by atoms with Gasteiger partial charge in [0.15, 0.2) is 5.82 Å². The summed E-state index contributed by atoms with van der Waals surface area (Å²) in [7, 11) is 0. The van der Waals surface area contributed by atoms with Gasteiger partial charge in [-0.2, -0.15) is 18.2 Å². The summed E-state index contributed by atoms with van der Waals surface area (Å²) in [6, 6.07) is 5.10. The molecule has 3 rings (SSSR count). The van der Waals surface area contributed by atoms with Gasteiger partial charge in [-0.3, -0.25) is 4.90 Å². The van der Waals surface area contributed by atoms with Crippen molar-refractivity contribution < 1.29 is 22.4 Å². The van der Waals surface area contributed by atoms with E-state index in [0.29, 0.717) is 38.0 Å². The third kappa shape index (κ3) is 3.89. The number of benzene rings is 1. The van der Waals surface area contributed by atoms with Crippen molar-refractivity contribution in [1.29, 1.82) is 0 Å². The number of alkyl halides is 3. The number of nitrogens with zero attached hydrogens (tertiary/aromatic N) is 3. The third-order valence-electron chi connectivity index (χ3n) is 3.70. The molecule has 1 aliphatic rings. The Morgan fingerprint density at radius 2 is 2.00 bits per heavy atom. The lowest BCUT2D eigenvalue weighted by Gasteiger charge is -2.32. The van der Waals surface area contributed by atoms with E-state index in [0.717, 1.165) is 17.7 Å². The highest BCUT2D eigenvalue weighted by atomic mass is 19.4. The summed E-state index contributed by atoms with van der Waals surface area (Å²) in [5.41, 5.74) is 0.0724. The molecule has 2 heterocycles. The Labute approximate surface area is 131 Å². The second kappa shape index (κ2) is 6.29. The van der Waals surface area contributed by atoms with Crippen LogP contribution in [0.2, 0.25) is 0 Å². The summed E-state index contributed by atoms with van der Waals surface area (Å²) in [6.07, 6.45) is -4.59. The van der Waals surface area contributed by atoms with Crippen LogP contribution < -0.4 is 0 Å². The fourth-order valence-electron chi connectivity index (χ4n) is 2.54. The minimum Gasteiger partial charge on any atom is -0.371 e. The number of morpholine rings is 1. The van der Waals surface area contributed by atoms with Gasteiger partial charge in [0.25, 0.3) is 0 Å². The molecule has 1 fully saturated rings. The quantitative estimate of drug-likeness (QED) is 0.867. The lowest BCUT2D eigenvalue weighted by molar-refractivity contribution is -0.137. The molecule has 0 radical (unpaired) electrons. The molecule has 1 aliphatic heterocycles. The van der Waals surface area contributed by atoms with Crippen molar-refractivity contribution in [3.63, 3.8) is 0 Å². The van der Waals surface area contributed by atoms with Crippen LogP contribution in [0.1, 0.15) is 28.9 Å². The molecular weight excluding hydrogens is 311 g/mol. The van der Waals surface area contributed by atoms with Gasteiger partial charge in [0, 0.05) is 20.0 Å². The molecule has 0 bridgehead atoms. The normalized spacial score (nSPS) is 19.9. The Bertz CT molecular complexity index is 655. The zero-order valence-electron chi connectivity index (χ0n) is 12.5. The number of hydrogen-bond donors (Lipinski definition) is 0. The standard InChI is InChI=1S/C15H16F3N3O2/c1-10-19-14(20-23-10)9-21-6-7-22-13(8-21)11-2-4-12(5-3-11)15(16,17)18/h2-5,13H,6-9H2,1H3/t13-/m0/s1. The van der Waals surface area contributed by atoms with Crippen molar-refractivity contribution in [2.75, 3.05) is 19.7 Å². The number of aryl methyl sites for hydroxylation is 1. The lowest BCUT2D eigenvalue weighted by atomic mass is 10.1. The van der Waals surface area contributed by atoms with Gasteiger partial charge in [0.1, 0.15) is 0 Å². The van der Waals surface area contributed by atoms with Crippen LogP contribution in [0, 0.1) is 6.92 Å². The molecule has 5 nitrogen and oxygen atoms in total. The smallest absolute Gasteiger partial charge is 0.371 e. The van der Waals surface area contributed by atoms with Gasteiger partial charge in [-0.25, -0.2) is 0 Å². The lowest BCUT2D eigenvalue weighted by Crippen LogP contribution is -2.38. The van der Waals surface area contributed by atoms with E-state index in [9.17, 15) is 13.2 Å². The summed E-state index contributed by atoms with van der Waals surface area (Å²) in [4.78, 5) is 6.25. The second-order valence-corrected chi connectivity index (χ2v) is 5.44. The van der Waals surface area contributed by atoms with Crippen LogP contribution in [0.15, 0.2) is 28.8 Å². The molecular formula is C15H16F3N3O2. The summed E-state index contributed by atoms with van der Waals surface area (Å²) in [5.74, 6) is 1.10. The van der Waals surface area contributed by atoms with Gasteiger partial charge >= 0.3 is 6.18 Å². The molecule has 1 atom stereocenters. The predicted molar refractivity (Wildman–Crippen MR) is 74.4 cm³/mol. The van der Waals surface area contributed by atoms with Crippen LogP contribution in [0.3, 0.4) is 0 Å². The minimum atomic E-state index is -4.32. The molecule has 124 valence electrons. The molecule has 1 aromatic carbocycles. The topological polar surface area (TPSA) is 51.4 Å². The van der Waals surface area contributed by atoms with Crippen LogP contribution in [0.4, 0.5) is 13.2 Å². The predicted octanol–water partition coefficient (Wildman–Crippen LogP) is 2.97. The van der Waals surface area contributed by atoms with Crippen LogP contribution >= 0.6 is 0 Å². The maximum Gasteiger partial charge on any atom is 0.416 e. The van der Waals surface area contributed by atoms with E-state index >= 15 is 0 Å². The summed E-state index contributed by atoms with van der Waals surface area (Å²) < 4.78 is 48.4. The number of hydrogen-bond acceptors (Lipinski definition) is 5. The van der Waals surface area contributed by atoms with Gasteiger partial charge in [-0.05, 0) is 17.7 Å². The van der Waals surface area contributed by atoms with Crippen LogP contribution in [-0.2, 0) is 17.5 Å². The molecule has 0 unspecified atom stereocenters. The Balaban J connectivity index is 1.66. The molecule has 0 amide bonds. The highest BCUT2D eigenvalue weighted by molar-refractivity contribution is 5.26. The highest BCUT2D eigenvalue weighted by Crippen LogP contribution is 2.31. The molecule has 1 aromatic heterocycles. The van der Waals surface area contributed by atoms with Crippen LogP contribution in [0.25, 0.3) is 0 Å². The van der Waals surface area contributed by atoms with Gasteiger partial charge in [0.05, 0.1) is 24.8 Å². The fraction of sp³-hybridized carbons (Fsp3) is 0.467. The van der Waals surface area contributed by atoms with Gasteiger partial charge in [0.2, 0.25) is 5.89 Å². The molecule has 0 saturated carbocycles. The molecule has 1 saturated heterocycles. The maximum atomic E-state index is 12.6.